The summed E-state index contributed by atoms with van der Waals surface area (Å²) in [6, 6.07) is 3.41. The molecule has 7 heteroatoms. The maximum atomic E-state index is 11.0. The molecule has 0 bridgehead atoms. The molecule has 0 saturated carbocycles. The first-order valence-electron chi connectivity index (χ1n) is 5.36. The molecule has 0 aliphatic rings. The van der Waals surface area contributed by atoms with Gasteiger partial charge in [-0.2, -0.15) is 0 Å². The van der Waals surface area contributed by atoms with Gasteiger partial charge in [0, 0.05) is 23.9 Å². The molecule has 0 unspecified atom stereocenters. The third-order valence-electron chi connectivity index (χ3n) is 2.34. The summed E-state index contributed by atoms with van der Waals surface area (Å²) in [6.45, 7) is 1.76. The Balaban J connectivity index is 2.30. The number of amides is 1. The predicted molar refractivity (Wildman–Crippen MR) is 66.0 cm³/mol. The molecule has 1 amide bonds. The van der Waals surface area contributed by atoms with Crippen LogP contribution in [-0.2, 0) is 11.2 Å². The Morgan fingerprint density at radius 2 is 2.44 bits per heavy atom. The van der Waals surface area contributed by atoms with Gasteiger partial charge in [-0.25, -0.2) is 4.98 Å². The molecule has 0 saturated heterocycles. The normalized spacial score (nSPS) is 10.1. The van der Waals surface area contributed by atoms with Crippen LogP contribution in [0.4, 0.5) is 5.82 Å². The van der Waals surface area contributed by atoms with E-state index in [1.54, 1.807) is 18.4 Å². The SMILES string of the molecule is CC(=O)Nc1ccc2occ(CCN=[N+]=[N-])c2n1. The number of rotatable bonds is 4. The fraction of sp³-hybridized carbons (Fsp3) is 0.273. The van der Waals surface area contributed by atoms with Gasteiger partial charge in [-0.3, -0.25) is 4.79 Å². The van der Waals surface area contributed by atoms with Gasteiger partial charge in [0.15, 0.2) is 5.58 Å². The van der Waals surface area contributed by atoms with Crippen molar-refractivity contribution in [2.45, 2.75) is 13.3 Å². The molecule has 92 valence electrons. The van der Waals surface area contributed by atoms with E-state index in [-0.39, 0.29) is 5.91 Å². The van der Waals surface area contributed by atoms with E-state index in [1.165, 1.54) is 6.92 Å². The summed E-state index contributed by atoms with van der Waals surface area (Å²) in [7, 11) is 0. The number of furan rings is 1. The van der Waals surface area contributed by atoms with E-state index in [9.17, 15) is 4.79 Å². The second-order valence-corrected chi connectivity index (χ2v) is 3.69. The molecular weight excluding hydrogens is 234 g/mol. The molecule has 2 rings (SSSR count). The van der Waals surface area contributed by atoms with Crippen molar-refractivity contribution in [1.82, 2.24) is 4.98 Å². The molecular formula is C11H11N5O2. The lowest BCUT2D eigenvalue weighted by Gasteiger charge is -2.00. The number of aromatic nitrogens is 1. The highest BCUT2D eigenvalue weighted by Gasteiger charge is 2.08. The predicted octanol–water partition coefficient (Wildman–Crippen LogP) is 2.64. The van der Waals surface area contributed by atoms with E-state index in [0.29, 0.717) is 29.9 Å². The van der Waals surface area contributed by atoms with Crippen LogP contribution in [-0.4, -0.2) is 17.4 Å². The summed E-state index contributed by atoms with van der Waals surface area (Å²) < 4.78 is 5.33. The van der Waals surface area contributed by atoms with Gasteiger partial charge in [0.25, 0.3) is 0 Å². The Kier molecular flexibility index (Phi) is 3.45. The Bertz CT molecular complexity index is 627. The summed E-state index contributed by atoms with van der Waals surface area (Å²) in [5.41, 5.74) is 10.4. The molecule has 0 fully saturated rings. The maximum Gasteiger partial charge on any atom is 0.222 e. The van der Waals surface area contributed by atoms with Gasteiger partial charge in [-0.15, -0.1) is 0 Å². The van der Waals surface area contributed by atoms with Crippen LogP contribution in [0.3, 0.4) is 0 Å². The molecule has 2 aromatic rings. The summed E-state index contributed by atoms with van der Waals surface area (Å²) >= 11 is 0. The molecule has 7 nitrogen and oxygen atoms in total. The number of hydrogen-bond acceptors (Lipinski definition) is 4. The first-order chi connectivity index (χ1) is 8.70. The van der Waals surface area contributed by atoms with Crippen molar-refractivity contribution in [3.8, 4) is 0 Å². The standard InChI is InChI=1S/C11H11N5O2/c1-7(17)14-10-3-2-9-11(15-10)8(6-18-9)4-5-13-16-12/h2-3,6H,4-5H2,1H3,(H,14,15,17). The van der Waals surface area contributed by atoms with Crippen molar-refractivity contribution < 1.29 is 9.21 Å². The smallest absolute Gasteiger partial charge is 0.222 e. The van der Waals surface area contributed by atoms with Crippen LogP contribution in [0, 0.1) is 0 Å². The minimum absolute atomic E-state index is 0.180. The first kappa shape index (κ1) is 11.9. The molecule has 0 aromatic carbocycles. The van der Waals surface area contributed by atoms with Crippen LogP contribution in [0.5, 0.6) is 0 Å². The molecule has 0 atom stereocenters. The number of azide groups is 1. The Morgan fingerprint density at radius 3 is 3.17 bits per heavy atom. The number of fused-ring (bicyclic) bond motifs is 1. The zero-order valence-electron chi connectivity index (χ0n) is 9.75. The topological polar surface area (TPSA) is 104 Å². The van der Waals surface area contributed by atoms with Gasteiger partial charge in [0.05, 0.1) is 6.26 Å². The third-order valence-corrected chi connectivity index (χ3v) is 2.34. The van der Waals surface area contributed by atoms with Crippen LogP contribution in [0.1, 0.15) is 12.5 Å². The molecule has 0 radical (unpaired) electrons. The monoisotopic (exact) mass is 245 g/mol. The number of pyridine rings is 1. The highest BCUT2D eigenvalue weighted by molar-refractivity contribution is 5.89. The van der Waals surface area contributed by atoms with E-state index in [1.807, 2.05) is 0 Å². The number of carbonyl (C=O) groups excluding carboxylic acids is 1. The van der Waals surface area contributed by atoms with Crippen molar-refractivity contribution in [3.05, 3.63) is 34.4 Å². The number of carbonyl (C=O) groups is 1. The van der Waals surface area contributed by atoms with E-state index in [4.69, 9.17) is 9.95 Å². The number of hydrogen-bond donors (Lipinski definition) is 1. The zero-order chi connectivity index (χ0) is 13.0. The second kappa shape index (κ2) is 5.20. The zero-order valence-corrected chi connectivity index (χ0v) is 9.75. The quantitative estimate of drug-likeness (QED) is 0.508. The van der Waals surface area contributed by atoms with Crippen LogP contribution in [0.2, 0.25) is 0 Å². The van der Waals surface area contributed by atoms with Crippen molar-refractivity contribution in [2.24, 2.45) is 5.11 Å². The molecule has 2 aromatic heterocycles. The fourth-order valence-electron chi connectivity index (χ4n) is 1.60. The number of nitrogens with one attached hydrogen (secondary N) is 1. The summed E-state index contributed by atoms with van der Waals surface area (Å²) in [4.78, 5) is 17.9. The van der Waals surface area contributed by atoms with Gasteiger partial charge < -0.3 is 9.73 Å². The third kappa shape index (κ3) is 2.58. The lowest BCUT2D eigenvalue weighted by atomic mass is 10.2. The van der Waals surface area contributed by atoms with Gasteiger partial charge in [-0.1, -0.05) is 5.11 Å². The molecule has 0 aliphatic heterocycles. The molecule has 1 N–H and O–H groups in total. The van der Waals surface area contributed by atoms with Gasteiger partial charge in [0.1, 0.15) is 11.3 Å². The van der Waals surface area contributed by atoms with Gasteiger partial charge in [0.2, 0.25) is 5.91 Å². The van der Waals surface area contributed by atoms with Crippen LogP contribution >= 0.6 is 0 Å². The lowest BCUT2D eigenvalue weighted by molar-refractivity contribution is -0.114. The molecule has 0 aliphatic carbocycles. The number of anilines is 1. The highest BCUT2D eigenvalue weighted by atomic mass is 16.3. The van der Waals surface area contributed by atoms with Crippen molar-refractivity contribution >= 4 is 22.8 Å². The lowest BCUT2D eigenvalue weighted by Crippen LogP contribution is -2.07. The Morgan fingerprint density at radius 1 is 1.61 bits per heavy atom. The average molecular weight is 245 g/mol. The minimum atomic E-state index is -0.180. The largest absolute Gasteiger partial charge is 0.462 e. The molecule has 2 heterocycles. The van der Waals surface area contributed by atoms with Gasteiger partial charge in [-0.05, 0) is 24.1 Å². The van der Waals surface area contributed by atoms with Gasteiger partial charge >= 0.3 is 0 Å². The van der Waals surface area contributed by atoms with Crippen LogP contribution in [0.25, 0.3) is 21.5 Å². The van der Waals surface area contributed by atoms with Crippen LogP contribution < -0.4 is 5.32 Å². The minimum Gasteiger partial charge on any atom is -0.462 e. The Hall–Kier alpha value is -2.53. The fourth-order valence-corrected chi connectivity index (χ4v) is 1.60. The Labute approximate surface area is 102 Å². The van der Waals surface area contributed by atoms with E-state index in [2.05, 4.69) is 20.3 Å². The summed E-state index contributed by atoms with van der Waals surface area (Å²) in [6.07, 6.45) is 2.13. The average Bonchev–Trinajstić information content (AvgIpc) is 2.72. The number of nitrogens with zero attached hydrogens (tertiary/aromatic N) is 4. The van der Waals surface area contributed by atoms with E-state index < -0.39 is 0 Å². The molecule has 18 heavy (non-hydrogen) atoms. The summed E-state index contributed by atoms with van der Waals surface area (Å²) in [5, 5.41) is 6.07. The molecule has 0 spiro atoms. The first-order valence-corrected chi connectivity index (χ1v) is 5.36. The van der Waals surface area contributed by atoms with Crippen molar-refractivity contribution in [1.29, 1.82) is 0 Å². The van der Waals surface area contributed by atoms with E-state index >= 15 is 0 Å². The second-order valence-electron chi connectivity index (χ2n) is 3.69. The van der Waals surface area contributed by atoms with Crippen molar-refractivity contribution in [2.75, 3.05) is 11.9 Å². The summed E-state index contributed by atoms with van der Waals surface area (Å²) in [5.74, 6) is 0.294. The van der Waals surface area contributed by atoms with Crippen LogP contribution in [0.15, 0.2) is 27.9 Å². The van der Waals surface area contributed by atoms with Crippen molar-refractivity contribution in [3.63, 3.8) is 0 Å². The van der Waals surface area contributed by atoms with E-state index in [0.717, 1.165) is 5.56 Å². The maximum absolute atomic E-state index is 11.0. The highest BCUT2D eigenvalue weighted by Crippen LogP contribution is 2.21.